The van der Waals surface area contributed by atoms with Crippen LogP contribution >= 0.6 is 0 Å². The molecular formula is C13H15N3O. The second-order valence-electron chi connectivity index (χ2n) is 4.49. The molecule has 1 aliphatic carbocycles. The van der Waals surface area contributed by atoms with Crippen LogP contribution in [-0.2, 0) is 0 Å². The van der Waals surface area contributed by atoms with Gasteiger partial charge in [-0.3, -0.25) is 4.98 Å². The van der Waals surface area contributed by atoms with Crippen molar-refractivity contribution >= 4 is 0 Å². The van der Waals surface area contributed by atoms with Crippen LogP contribution in [0.25, 0.3) is 11.5 Å². The van der Waals surface area contributed by atoms with Crippen LogP contribution in [0.4, 0.5) is 0 Å². The molecule has 0 saturated heterocycles. The number of nitrogens with zero attached hydrogens (tertiary/aromatic N) is 3. The van der Waals surface area contributed by atoms with Gasteiger partial charge in [0.15, 0.2) is 5.82 Å². The summed E-state index contributed by atoms with van der Waals surface area (Å²) in [6.45, 7) is 0. The number of aliphatic hydroxyl groups excluding tert-OH is 1. The smallest absolute Gasteiger partial charge is 0.158 e. The van der Waals surface area contributed by atoms with E-state index in [1.54, 1.807) is 12.4 Å². The summed E-state index contributed by atoms with van der Waals surface area (Å²) in [5, 5.41) is 9.61. The molecule has 2 aromatic heterocycles. The van der Waals surface area contributed by atoms with E-state index in [0.29, 0.717) is 6.04 Å². The van der Waals surface area contributed by atoms with Crippen molar-refractivity contribution in [2.75, 3.05) is 0 Å². The van der Waals surface area contributed by atoms with Gasteiger partial charge in [0.05, 0.1) is 6.10 Å². The molecule has 1 N–H and O–H groups in total. The molecule has 0 amide bonds. The van der Waals surface area contributed by atoms with Crippen molar-refractivity contribution in [3.8, 4) is 11.5 Å². The van der Waals surface area contributed by atoms with Gasteiger partial charge in [-0.1, -0.05) is 6.07 Å². The van der Waals surface area contributed by atoms with Crippen LogP contribution in [-0.4, -0.2) is 25.7 Å². The first-order valence-corrected chi connectivity index (χ1v) is 5.97. The van der Waals surface area contributed by atoms with E-state index in [1.807, 2.05) is 24.4 Å². The summed E-state index contributed by atoms with van der Waals surface area (Å²) in [6.07, 6.45) is 8.09. The Labute approximate surface area is 100.0 Å². The molecule has 3 rings (SSSR count). The Kier molecular flexibility index (Phi) is 2.65. The average Bonchev–Trinajstić information content (AvgIpc) is 2.98. The number of hydrogen-bond donors (Lipinski definition) is 1. The highest BCUT2D eigenvalue weighted by molar-refractivity contribution is 5.49. The molecule has 0 spiro atoms. The maximum absolute atomic E-state index is 9.61. The third kappa shape index (κ3) is 1.96. The summed E-state index contributed by atoms with van der Waals surface area (Å²) < 4.78 is 2.14. The van der Waals surface area contributed by atoms with E-state index in [2.05, 4.69) is 14.5 Å². The fourth-order valence-electron chi connectivity index (χ4n) is 2.49. The molecule has 1 saturated carbocycles. The van der Waals surface area contributed by atoms with E-state index in [4.69, 9.17) is 0 Å². The van der Waals surface area contributed by atoms with Crippen LogP contribution in [0.3, 0.4) is 0 Å². The lowest BCUT2D eigenvalue weighted by atomic mass is 10.2. The molecule has 1 fully saturated rings. The predicted molar refractivity (Wildman–Crippen MR) is 64.4 cm³/mol. The van der Waals surface area contributed by atoms with Gasteiger partial charge in [0.2, 0.25) is 0 Å². The van der Waals surface area contributed by atoms with Gasteiger partial charge in [-0.25, -0.2) is 4.98 Å². The number of aliphatic hydroxyl groups is 1. The van der Waals surface area contributed by atoms with Gasteiger partial charge in [0.1, 0.15) is 5.69 Å². The van der Waals surface area contributed by atoms with Gasteiger partial charge in [-0.2, -0.15) is 0 Å². The zero-order valence-electron chi connectivity index (χ0n) is 9.53. The van der Waals surface area contributed by atoms with Gasteiger partial charge in [-0.05, 0) is 31.4 Å². The van der Waals surface area contributed by atoms with Crippen LogP contribution in [0.15, 0.2) is 36.8 Å². The number of rotatable bonds is 2. The molecule has 1 aliphatic rings. The highest BCUT2D eigenvalue weighted by atomic mass is 16.3. The Morgan fingerprint density at radius 2 is 2.12 bits per heavy atom. The van der Waals surface area contributed by atoms with Crippen molar-refractivity contribution in [3.05, 3.63) is 36.8 Å². The molecule has 2 aromatic rings. The topological polar surface area (TPSA) is 50.9 Å². The first-order valence-electron chi connectivity index (χ1n) is 5.97. The zero-order valence-corrected chi connectivity index (χ0v) is 9.53. The normalized spacial score (nSPS) is 24.1. The summed E-state index contributed by atoms with van der Waals surface area (Å²) in [5.74, 6) is 0.893. The SMILES string of the molecule is O[C@H]1CC[C@@H](n2ccnc2-c2ccccn2)C1. The van der Waals surface area contributed by atoms with Crippen molar-refractivity contribution in [1.29, 1.82) is 0 Å². The fourth-order valence-corrected chi connectivity index (χ4v) is 2.49. The first-order chi connectivity index (χ1) is 8.34. The molecule has 4 nitrogen and oxygen atoms in total. The quantitative estimate of drug-likeness (QED) is 0.857. The zero-order chi connectivity index (χ0) is 11.7. The maximum Gasteiger partial charge on any atom is 0.158 e. The van der Waals surface area contributed by atoms with E-state index in [-0.39, 0.29) is 6.10 Å². The molecule has 2 atom stereocenters. The van der Waals surface area contributed by atoms with Gasteiger partial charge in [0, 0.05) is 24.6 Å². The summed E-state index contributed by atoms with van der Waals surface area (Å²) in [6, 6.07) is 6.18. The van der Waals surface area contributed by atoms with Gasteiger partial charge >= 0.3 is 0 Å². The standard InChI is InChI=1S/C13H15N3O/c17-11-5-4-10(9-11)16-8-7-15-13(16)12-3-1-2-6-14-12/h1-3,6-8,10-11,17H,4-5,9H2/t10-,11+/m1/s1. The lowest BCUT2D eigenvalue weighted by Crippen LogP contribution is -2.08. The van der Waals surface area contributed by atoms with Crippen molar-refractivity contribution in [2.45, 2.75) is 31.4 Å². The summed E-state index contributed by atoms with van der Waals surface area (Å²) in [7, 11) is 0. The molecule has 17 heavy (non-hydrogen) atoms. The molecule has 88 valence electrons. The van der Waals surface area contributed by atoms with Crippen molar-refractivity contribution in [2.24, 2.45) is 0 Å². The highest BCUT2D eigenvalue weighted by Gasteiger charge is 2.25. The van der Waals surface area contributed by atoms with Crippen molar-refractivity contribution in [1.82, 2.24) is 14.5 Å². The minimum atomic E-state index is -0.168. The summed E-state index contributed by atoms with van der Waals surface area (Å²) in [4.78, 5) is 8.70. The molecular weight excluding hydrogens is 214 g/mol. The van der Waals surface area contributed by atoms with Crippen molar-refractivity contribution < 1.29 is 5.11 Å². The highest BCUT2D eigenvalue weighted by Crippen LogP contribution is 2.32. The van der Waals surface area contributed by atoms with Crippen LogP contribution in [0.5, 0.6) is 0 Å². The van der Waals surface area contributed by atoms with Gasteiger partial charge < -0.3 is 9.67 Å². The summed E-state index contributed by atoms with van der Waals surface area (Å²) >= 11 is 0. The second kappa shape index (κ2) is 4.30. The Balaban J connectivity index is 1.95. The van der Waals surface area contributed by atoms with E-state index >= 15 is 0 Å². The maximum atomic E-state index is 9.61. The Hall–Kier alpha value is -1.68. The Morgan fingerprint density at radius 3 is 2.82 bits per heavy atom. The van der Waals surface area contributed by atoms with Crippen LogP contribution in [0, 0.1) is 0 Å². The van der Waals surface area contributed by atoms with Gasteiger partial charge in [0.25, 0.3) is 0 Å². The number of imidazole rings is 1. The van der Waals surface area contributed by atoms with Crippen LogP contribution in [0.2, 0.25) is 0 Å². The minimum absolute atomic E-state index is 0.168. The number of pyridine rings is 1. The van der Waals surface area contributed by atoms with Crippen LogP contribution in [0.1, 0.15) is 25.3 Å². The molecule has 0 aromatic carbocycles. The molecule has 0 unspecified atom stereocenters. The monoisotopic (exact) mass is 229 g/mol. The van der Waals surface area contributed by atoms with E-state index < -0.39 is 0 Å². The van der Waals surface area contributed by atoms with E-state index in [9.17, 15) is 5.11 Å². The molecule has 0 radical (unpaired) electrons. The van der Waals surface area contributed by atoms with Crippen molar-refractivity contribution in [3.63, 3.8) is 0 Å². The third-order valence-corrected chi connectivity index (χ3v) is 3.33. The Morgan fingerprint density at radius 1 is 1.18 bits per heavy atom. The average molecular weight is 229 g/mol. The van der Waals surface area contributed by atoms with Gasteiger partial charge in [-0.15, -0.1) is 0 Å². The lowest BCUT2D eigenvalue weighted by molar-refractivity contribution is 0.178. The van der Waals surface area contributed by atoms with Crippen LogP contribution < -0.4 is 0 Å². The Bertz CT molecular complexity index is 494. The first kappa shape index (κ1) is 10.5. The molecule has 0 aliphatic heterocycles. The molecule has 2 heterocycles. The minimum Gasteiger partial charge on any atom is -0.393 e. The second-order valence-corrected chi connectivity index (χ2v) is 4.49. The molecule has 4 heteroatoms. The lowest BCUT2D eigenvalue weighted by Gasteiger charge is -2.14. The van der Waals surface area contributed by atoms with E-state index in [1.165, 1.54) is 0 Å². The number of aromatic nitrogens is 3. The largest absolute Gasteiger partial charge is 0.393 e. The fraction of sp³-hybridized carbons (Fsp3) is 0.385. The number of hydrogen-bond acceptors (Lipinski definition) is 3. The predicted octanol–water partition coefficient (Wildman–Crippen LogP) is 2.03. The molecule has 0 bridgehead atoms. The summed E-state index contributed by atoms with van der Waals surface area (Å²) in [5.41, 5.74) is 0.888. The van der Waals surface area contributed by atoms with E-state index in [0.717, 1.165) is 30.8 Å². The third-order valence-electron chi connectivity index (χ3n) is 3.33.